The minimum absolute atomic E-state index is 0.00156. The van der Waals surface area contributed by atoms with Gasteiger partial charge in [0.15, 0.2) is 17.4 Å². The third kappa shape index (κ3) is 6.26. The fourth-order valence-corrected chi connectivity index (χ4v) is 5.77. The van der Waals surface area contributed by atoms with Gasteiger partial charge in [-0.05, 0) is 39.8 Å². The molecule has 0 unspecified atom stereocenters. The molecule has 1 saturated heterocycles. The van der Waals surface area contributed by atoms with E-state index in [1.807, 2.05) is 0 Å². The number of benzene rings is 1. The van der Waals surface area contributed by atoms with E-state index in [1.165, 1.54) is 24.7 Å². The molecular formula is C23H30ClN6O8P. The molecule has 0 saturated carbocycles. The SMILES string of the molecule is CC(C)OC(=O)[C@@H](C)N[P@](=O)(OC[C@H]1O[C@@H](n2cnc3c(=O)[nH]c(N)nc32)[C@](C)(Cl)[C@@H]1O)Oc1ccccc1. The second-order valence-electron chi connectivity index (χ2n) is 9.43. The Morgan fingerprint density at radius 1 is 1.36 bits per heavy atom. The maximum absolute atomic E-state index is 13.8. The van der Waals surface area contributed by atoms with E-state index in [9.17, 15) is 19.3 Å². The molecule has 0 aliphatic carbocycles. The third-order valence-corrected chi connectivity index (χ3v) is 7.91. The number of carbonyl (C=O) groups is 1. The normalized spacial score (nSPS) is 25.5. The van der Waals surface area contributed by atoms with Crippen molar-refractivity contribution in [3.05, 3.63) is 47.0 Å². The molecule has 4 rings (SSSR count). The van der Waals surface area contributed by atoms with Crippen molar-refractivity contribution < 1.29 is 33.0 Å². The number of imidazole rings is 1. The van der Waals surface area contributed by atoms with Crippen LogP contribution in [0.3, 0.4) is 0 Å². The molecular weight excluding hydrogens is 555 g/mol. The number of aliphatic hydroxyl groups is 1. The molecule has 3 heterocycles. The Labute approximate surface area is 228 Å². The van der Waals surface area contributed by atoms with Crippen LogP contribution < -0.4 is 20.9 Å². The topological polar surface area (TPSA) is 193 Å². The number of halogens is 1. The van der Waals surface area contributed by atoms with Gasteiger partial charge in [-0.2, -0.15) is 10.1 Å². The minimum atomic E-state index is -4.23. The zero-order valence-electron chi connectivity index (χ0n) is 21.6. The maximum atomic E-state index is 13.8. The lowest BCUT2D eigenvalue weighted by atomic mass is 10.0. The molecule has 6 atom stereocenters. The molecule has 0 spiro atoms. The molecule has 1 fully saturated rings. The number of esters is 1. The first kappa shape index (κ1) is 29.0. The van der Waals surface area contributed by atoms with E-state index >= 15 is 0 Å². The molecule has 5 N–H and O–H groups in total. The third-order valence-electron chi connectivity index (χ3n) is 5.86. The van der Waals surface area contributed by atoms with E-state index in [-0.39, 0.29) is 22.9 Å². The molecule has 14 nitrogen and oxygen atoms in total. The van der Waals surface area contributed by atoms with Crippen LogP contribution in [-0.4, -0.2) is 66.4 Å². The van der Waals surface area contributed by atoms with Gasteiger partial charge in [0.2, 0.25) is 5.95 Å². The fourth-order valence-electron chi connectivity index (χ4n) is 3.97. The first-order chi connectivity index (χ1) is 18.3. The van der Waals surface area contributed by atoms with Crippen molar-refractivity contribution in [3.63, 3.8) is 0 Å². The van der Waals surface area contributed by atoms with Crippen molar-refractivity contribution in [2.24, 2.45) is 0 Å². The summed E-state index contributed by atoms with van der Waals surface area (Å²) in [7, 11) is -4.23. The summed E-state index contributed by atoms with van der Waals surface area (Å²) in [6.07, 6.45) is -2.61. The van der Waals surface area contributed by atoms with Crippen molar-refractivity contribution in [3.8, 4) is 5.75 Å². The Hall–Kier alpha value is -3.00. The molecule has 1 aromatic carbocycles. The van der Waals surface area contributed by atoms with Gasteiger partial charge in [-0.3, -0.25) is 23.7 Å². The van der Waals surface area contributed by atoms with E-state index in [4.69, 9.17) is 35.9 Å². The average molecular weight is 585 g/mol. The molecule has 2 aromatic heterocycles. The minimum Gasteiger partial charge on any atom is -0.462 e. The van der Waals surface area contributed by atoms with Crippen LogP contribution in [0.4, 0.5) is 5.95 Å². The van der Waals surface area contributed by atoms with E-state index in [0.29, 0.717) is 0 Å². The number of anilines is 1. The molecule has 39 heavy (non-hydrogen) atoms. The van der Waals surface area contributed by atoms with Gasteiger partial charge in [0.1, 0.15) is 28.9 Å². The monoisotopic (exact) mass is 584 g/mol. The maximum Gasteiger partial charge on any atom is 0.459 e. The Kier molecular flexibility index (Phi) is 8.36. The lowest BCUT2D eigenvalue weighted by Crippen LogP contribution is -2.40. The molecule has 0 radical (unpaired) electrons. The van der Waals surface area contributed by atoms with E-state index in [0.717, 1.165) is 0 Å². The van der Waals surface area contributed by atoms with Crippen LogP contribution in [0.1, 0.15) is 33.9 Å². The summed E-state index contributed by atoms with van der Waals surface area (Å²) in [5.41, 5.74) is 5.23. The number of aliphatic hydroxyl groups excluding tert-OH is 1. The lowest BCUT2D eigenvalue weighted by molar-refractivity contribution is -0.149. The zero-order chi connectivity index (χ0) is 28.5. The first-order valence-electron chi connectivity index (χ1n) is 12.0. The van der Waals surface area contributed by atoms with E-state index < -0.39 is 61.3 Å². The average Bonchev–Trinajstić information content (AvgIpc) is 3.36. The van der Waals surface area contributed by atoms with Crippen molar-refractivity contribution in [2.75, 3.05) is 12.3 Å². The number of aromatic nitrogens is 4. The van der Waals surface area contributed by atoms with Crippen molar-refractivity contribution >= 4 is 42.4 Å². The summed E-state index contributed by atoms with van der Waals surface area (Å²) in [6, 6.07) is 7.15. The van der Waals surface area contributed by atoms with E-state index in [2.05, 4.69) is 20.0 Å². The number of para-hydroxylation sites is 1. The summed E-state index contributed by atoms with van der Waals surface area (Å²) < 4.78 is 37.6. The number of nitrogens with two attached hydrogens (primary N) is 1. The van der Waals surface area contributed by atoms with Crippen molar-refractivity contribution in [1.29, 1.82) is 0 Å². The molecule has 0 bridgehead atoms. The van der Waals surface area contributed by atoms with Crippen LogP contribution in [0.2, 0.25) is 0 Å². The van der Waals surface area contributed by atoms with Gasteiger partial charge in [0, 0.05) is 0 Å². The number of hydrogen-bond acceptors (Lipinski definition) is 11. The van der Waals surface area contributed by atoms with Gasteiger partial charge in [-0.25, -0.2) is 9.55 Å². The zero-order valence-corrected chi connectivity index (χ0v) is 23.3. The summed E-state index contributed by atoms with van der Waals surface area (Å²) in [6.45, 7) is 5.89. The Morgan fingerprint density at radius 2 is 2.05 bits per heavy atom. The van der Waals surface area contributed by atoms with Crippen molar-refractivity contribution in [1.82, 2.24) is 24.6 Å². The standard InChI is InChI=1S/C23H30ClN6O8P/c1-12(2)36-20(33)13(3)29-39(34,38-14-8-6-5-7-9-14)35-10-15-17(31)23(4,24)21(37-15)30-11-26-16-18(30)27-22(25)28-19(16)32/h5-9,11-13,15,17,21,31H,10H2,1-4H3,(H,29,34)(H3,25,27,28,32)/t13-,15-,17-,21-,23-,39+/m1/s1. The fraction of sp³-hybridized carbons (Fsp3) is 0.478. The number of aromatic amines is 1. The number of carbonyl (C=O) groups excluding carboxylic acids is 1. The van der Waals surface area contributed by atoms with Gasteiger partial charge >= 0.3 is 13.7 Å². The number of fused-ring (bicyclic) bond motifs is 1. The first-order valence-corrected chi connectivity index (χ1v) is 13.9. The summed E-state index contributed by atoms with van der Waals surface area (Å²) in [5, 5.41) is 13.6. The van der Waals surface area contributed by atoms with Gasteiger partial charge in [-0.15, -0.1) is 11.6 Å². The Morgan fingerprint density at radius 3 is 2.72 bits per heavy atom. The van der Waals surface area contributed by atoms with Gasteiger partial charge in [0.25, 0.3) is 5.56 Å². The smallest absolute Gasteiger partial charge is 0.459 e. The molecule has 1 aliphatic rings. The van der Waals surface area contributed by atoms with Crippen molar-refractivity contribution in [2.45, 2.75) is 63.2 Å². The Balaban J connectivity index is 1.56. The van der Waals surface area contributed by atoms with Gasteiger partial charge in [0.05, 0.1) is 19.0 Å². The van der Waals surface area contributed by atoms with Crippen LogP contribution in [0.25, 0.3) is 11.2 Å². The highest BCUT2D eigenvalue weighted by atomic mass is 35.5. The van der Waals surface area contributed by atoms with Gasteiger partial charge in [-0.1, -0.05) is 18.2 Å². The number of nitrogens with zero attached hydrogens (tertiary/aromatic N) is 3. The number of alkyl halides is 1. The molecule has 16 heteroatoms. The van der Waals surface area contributed by atoms with E-state index in [1.54, 1.807) is 44.2 Å². The van der Waals surface area contributed by atoms with Crippen LogP contribution in [0.5, 0.6) is 5.75 Å². The van der Waals surface area contributed by atoms with Gasteiger partial charge < -0.3 is 24.8 Å². The van der Waals surface area contributed by atoms with Crippen LogP contribution in [0.15, 0.2) is 41.5 Å². The summed E-state index contributed by atoms with van der Waals surface area (Å²) >= 11 is 6.70. The number of nitrogen functional groups attached to an aromatic ring is 1. The number of ether oxygens (including phenoxy) is 2. The number of hydrogen-bond donors (Lipinski definition) is 4. The number of nitrogens with one attached hydrogen (secondary N) is 2. The van der Waals surface area contributed by atoms with Crippen LogP contribution >= 0.6 is 19.3 Å². The summed E-state index contributed by atoms with van der Waals surface area (Å²) in [4.78, 5) is 33.6. The highest BCUT2D eigenvalue weighted by Crippen LogP contribution is 2.48. The Bertz CT molecular complexity index is 1430. The second kappa shape index (κ2) is 11.2. The molecule has 212 valence electrons. The number of H-pyrrole nitrogens is 1. The number of rotatable bonds is 10. The predicted molar refractivity (Wildman–Crippen MR) is 141 cm³/mol. The predicted octanol–water partition coefficient (Wildman–Crippen LogP) is 2.09. The molecule has 3 aromatic rings. The van der Waals surface area contributed by atoms with Crippen LogP contribution in [0, 0.1) is 0 Å². The highest BCUT2D eigenvalue weighted by Gasteiger charge is 2.54. The quantitative estimate of drug-likeness (QED) is 0.154. The summed E-state index contributed by atoms with van der Waals surface area (Å²) in [5.74, 6) is -0.589. The molecule has 0 amide bonds. The largest absolute Gasteiger partial charge is 0.462 e. The second-order valence-corrected chi connectivity index (χ2v) is 11.9. The molecule has 1 aliphatic heterocycles. The lowest BCUT2D eigenvalue weighted by Gasteiger charge is -2.26. The highest BCUT2D eigenvalue weighted by molar-refractivity contribution is 7.52. The van der Waals surface area contributed by atoms with Crippen LogP contribution in [-0.2, 0) is 23.4 Å².